The van der Waals surface area contributed by atoms with Gasteiger partial charge in [0.05, 0.1) is 5.75 Å². The van der Waals surface area contributed by atoms with E-state index < -0.39 is 9.84 Å². The van der Waals surface area contributed by atoms with Crippen LogP contribution in [0.3, 0.4) is 0 Å². The molecule has 1 heterocycles. The maximum Gasteiger partial charge on any atom is 0.147 e. The predicted octanol–water partition coefficient (Wildman–Crippen LogP) is 1.13. The molecular formula is C13H28N2O2S. The molecule has 2 unspecified atom stereocenters. The molecule has 1 aliphatic heterocycles. The van der Waals surface area contributed by atoms with E-state index in [1.54, 1.807) is 0 Å². The molecule has 0 aliphatic carbocycles. The van der Waals surface area contributed by atoms with Crippen molar-refractivity contribution in [1.29, 1.82) is 0 Å². The molecule has 1 rings (SSSR count). The van der Waals surface area contributed by atoms with Crippen LogP contribution in [0, 0.1) is 5.92 Å². The summed E-state index contributed by atoms with van der Waals surface area (Å²) in [6.07, 6.45) is 4.42. The minimum Gasteiger partial charge on any atom is -0.312 e. The number of nitrogens with zero attached hydrogens (tertiary/aromatic N) is 1. The predicted molar refractivity (Wildman–Crippen MR) is 76.6 cm³/mol. The summed E-state index contributed by atoms with van der Waals surface area (Å²) in [4.78, 5) is 2.42. The van der Waals surface area contributed by atoms with Gasteiger partial charge in [0.2, 0.25) is 0 Å². The highest BCUT2D eigenvalue weighted by atomic mass is 32.2. The van der Waals surface area contributed by atoms with Gasteiger partial charge in [-0.05, 0) is 38.4 Å². The van der Waals surface area contributed by atoms with Crippen LogP contribution in [0.4, 0.5) is 0 Å². The summed E-state index contributed by atoms with van der Waals surface area (Å²) in [5, 5.41) is 3.61. The molecule has 0 bridgehead atoms. The molecular weight excluding hydrogens is 248 g/mol. The van der Waals surface area contributed by atoms with Gasteiger partial charge in [0.15, 0.2) is 0 Å². The summed E-state index contributed by atoms with van der Waals surface area (Å²) >= 11 is 0. The van der Waals surface area contributed by atoms with Crippen molar-refractivity contribution < 1.29 is 8.42 Å². The van der Waals surface area contributed by atoms with Gasteiger partial charge in [-0.15, -0.1) is 0 Å². The van der Waals surface area contributed by atoms with E-state index in [9.17, 15) is 8.42 Å². The normalized spacial score (nSPS) is 24.7. The van der Waals surface area contributed by atoms with Crippen molar-refractivity contribution in [1.82, 2.24) is 10.2 Å². The van der Waals surface area contributed by atoms with Crippen LogP contribution < -0.4 is 5.32 Å². The minimum absolute atomic E-state index is 0.310. The van der Waals surface area contributed by atoms with Crippen LogP contribution in [0.5, 0.6) is 0 Å². The van der Waals surface area contributed by atoms with Crippen molar-refractivity contribution in [2.75, 3.05) is 38.2 Å². The summed E-state index contributed by atoms with van der Waals surface area (Å²) in [6.45, 7) is 8.64. The Morgan fingerprint density at radius 1 is 1.44 bits per heavy atom. The maximum absolute atomic E-state index is 11.1. The summed E-state index contributed by atoms with van der Waals surface area (Å²) in [5.41, 5.74) is 0. The lowest BCUT2D eigenvalue weighted by Crippen LogP contribution is -2.42. The molecule has 0 spiro atoms. The lowest BCUT2D eigenvalue weighted by atomic mass is 9.99. The molecule has 1 N–H and O–H groups in total. The van der Waals surface area contributed by atoms with Gasteiger partial charge in [0.1, 0.15) is 9.84 Å². The summed E-state index contributed by atoms with van der Waals surface area (Å²) in [5.74, 6) is 0.991. The van der Waals surface area contributed by atoms with E-state index in [4.69, 9.17) is 0 Å². The smallest absolute Gasteiger partial charge is 0.147 e. The quantitative estimate of drug-likeness (QED) is 0.790. The molecule has 0 aromatic carbocycles. The van der Waals surface area contributed by atoms with E-state index >= 15 is 0 Å². The first kappa shape index (κ1) is 15.9. The van der Waals surface area contributed by atoms with Gasteiger partial charge in [0, 0.05) is 18.8 Å². The van der Waals surface area contributed by atoms with Crippen molar-refractivity contribution >= 4 is 9.84 Å². The monoisotopic (exact) mass is 276 g/mol. The van der Waals surface area contributed by atoms with Crippen LogP contribution >= 0.6 is 0 Å². The molecule has 108 valence electrons. The van der Waals surface area contributed by atoms with Crippen molar-refractivity contribution in [3.8, 4) is 0 Å². The number of hydrogen-bond acceptors (Lipinski definition) is 4. The second-order valence-electron chi connectivity index (χ2n) is 5.58. The molecule has 0 radical (unpaired) electrons. The van der Waals surface area contributed by atoms with E-state index in [2.05, 4.69) is 24.1 Å². The number of sulfone groups is 1. The van der Waals surface area contributed by atoms with Gasteiger partial charge in [-0.2, -0.15) is 0 Å². The second kappa shape index (κ2) is 7.46. The zero-order valence-electron chi connectivity index (χ0n) is 12.0. The van der Waals surface area contributed by atoms with E-state index in [-0.39, 0.29) is 0 Å². The van der Waals surface area contributed by atoms with Gasteiger partial charge in [-0.3, -0.25) is 0 Å². The highest BCUT2D eigenvalue weighted by Gasteiger charge is 2.21. The third kappa shape index (κ3) is 6.16. The third-order valence-corrected chi connectivity index (χ3v) is 4.86. The summed E-state index contributed by atoms with van der Waals surface area (Å²) in [6, 6.07) is 0.552. The number of rotatable bonds is 6. The van der Waals surface area contributed by atoms with Gasteiger partial charge >= 0.3 is 0 Å². The van der Waals surface area contributed by atoms with Crippen molar-refractivity contribution in [2.24, 2.45) is 5.92 Å². The molecule has 0 amide bonds. The molecule has 1 saturated heterocycles. The molecule has 4 nitrogen and oxygen atoms in total. The fraction of sp³-hybridized carbons (Fsp3) is 1.00. The Kier molecular flexibility index (Phi) is 6.60. The zero-order valence-corrected chi connectivity index (χ0v) is 12.8. The average molecular weight is 276 g/mol. The molecule has 0 aromatic rings. The van der Waals surface area contributed by atoms with Gasteiger partial charge in [-0.1, -0.05) is 20.3 Å². The van der Waals surface area contributed by atoms with E-state index in [0.29, 0.717) is 17.7 Å². The van der Waals surface area contributed by atoms with Gasteiger partial charge in [0.25, 0.3) is 0 Å². The van der Waals surface area contributed by atoms with Crippen molar-refractivity contribution in [3.05, 3.63) is 0 Å². The van der Waals surface area contributed by atoms with Crippen LogP contribution in [0.25, 0.3) is 0 Å². The topological polar surface area (TPSA) is 49.4 Å². The maximum atomic E-state index is 11.1. The highest BCUT2D eigenvalue weighted by molar-refractivity contribution is 7.90. The number of nitrogens with one attached hydrogen (secondary N) is 1. The fourth-order valence-corrected chi connectivity index (χ4v) is 3.10. The molecule has 1 fully saturated rings. The standard InChI is InChI=1S/C13H28N2O2S/c1-4-12(2)13-11-15(8-5-7-14-13)9-6-10-18(3,16)17/h12-14H,4-11H2,1-3H3. The first-order valence-electron chi connectivity index (χ1n) is 7.06. The minimum atomic E-state index is -2.81. The molecule has 1 aliphatic rings. The van der Waals surface area contributed by atoms with Crippen LogP contribution in [0.1, 0.15) is 33.1 Å². The molecule has 5 heteroatoms. The Labute approximate surface area is 112 Å². The summed E-state index contributed by atoms with van der Waals surface area (Å²) < 4.78 is 22.3. The SMILES string of the molecule is CCC(C)C1CN(CCCS(C)(=O)=O)CCCN1. The van der Waals surface area contributed by atoms with Crippen molar-refractivity contribution in [3.63, 3.8) is 0 Å². The lowest BCUT2D eigenvalue weighted by molar-refractivity contribution is 0.239. The van der Waals surface area contributed by atoms with Crippen LogP contribution in [0.2, 0.25) is 0 Å². The Balaban J connectivity index is 2.39. The Morgan fingerprint density at radius 3 is 2.78 bits per heavy atom. The van der Waals surface area contributed by atoms with E-state index in [1.807, 2.05) is 0 Å². The Morgan fingerprint density at radius 2 is 2.17 bits per heavy atom. The van der Waals surface area contributed by atoms with Crippen LogP contribution in [-0.2, 0) is 9.84 Å². The molecule has 2 atom stereocenters. The van der Waals surface area contributed by atoms with Crippen LogP contribution in [-0.4, -0.2) is 57.5 Å². The van der Waals surface area contributed by atoms with E-state index in [1.165, 1.54) is 12.7 Å². The lowest BCUT2D eigenvalue weighted by Gasteiger charge is -2.27. The first-order chi connectivity index (χ1) is 8.42. The zero-order chi connectivity index (χ0) is 13.6. The summed E-state index contributed by atoms with van der Waals surface area (Å²) in [7, 11) is -2.81. The van der Waals surface area contributed by atoms with Crippen LogP contribution in [0.15, 0.2) is 0 Å². The Hall–Kier alpha value is -0.130. The highest BCUT2D eigenvalue weighted by Crippen LogP contribution is 2.12. The van der Waals surface area contributed by atoms with E-state index in [0.717, 1.165) is 39.0 Å². The first-order valence-corrected chi connectivity index (χ1v) is 9.12. The number of hydrogen-bond donors (Lipinski definition) is 1. The second-order valence-corrected chi connectivity index (χ2v) is 7.84. The molecule has 0 saturated carbocycles. The fourth-order valence-electron chi connectivity index (χ4n) is 2.44. The average Bonchev–Trinajstić information content (AvgIpc) is 2.52. The van der Waals surface area contributed by atoms with Crippen molar-refractivity contribution in [2.45, 2.75) is 39.2 Å². The largest absolute Gasteiger partial charge is 0.312 e. The Bertz CT molecular complexity index is 330. The molecule has 18 heavy (non-hydrogen) atoms. The van der Waals surface area contributed by atoms with Gasteiger partial charge in [-0.25, -0.2) is 8.42 Å². The van der Waals surface area contributed by atoms with Gasteiger partial charge < -0.3 is 10.2 Å². The third-order valence-electron chi connectivity index (χ3n) is 3.83. The molecule has 0 aromatic heterocycles.